The van der Waals surface area contributed by atoms with Gasteiger partial charge in [-0.3, -0.25) is 4.90 Å². The Morgan fingerprint density at radius 3 is 2.65 bits per heavy atom. The van der Waals surface area contributed by atoms with Crippen LogP contribution in [0.5, 0.6) is 0 Å². The summed E-state index contributed by atoms with van der Waals surface area (Å²) in [5.41, 5.74) is 2.68. The second kappa shape index (κ2) is 7.77. The fourth-order valence-corrected chi connectivity index (χ4v) is 2.83. The maximum atomic E-state index is 5.76. The van der Waals surface area contributed by atoms with Crippen molar-refractivity contribution in [2.45, 2.75) is 38.8 Å². The van der Waals surface area contributed by atoms with Crippen molar-refractivity contribution >= 4 is 0 Å². The molecule has 2 rings (SSSR count). The molecule has 1 heterocycles. The lowest BCUT2D eigenvalue weighted by Crippen LogP contribution is -2.38. The molecule has 2 atom stereocenters. The maximum absolute atomic E-state index is 5.76. The Balaban J connectivity index is 1.94. The second-order valence-corrected chi connectivity index (χ2v) is 5.74. The number of ether oxygens (including phenoxy) is 1. The highest BCUT2D eigenvalue weighted by atomic mass is 16.5. The van der Waals surface area contributed by atoms with Gasteiger partial charge in [-0.1, -0.05) is 36.8 Å². The summed E-state index contributed by atoms with van der Waals surface area (Å²) in [6.07, 6.45) is 2.87. The molecule has 0 aromatic heterocycles. The largest absolute Gasteiger partial charge is 0.377 e. The molecule has 0 radical (unpaired) electrons. The van der Waals surface area contributed by atoms with Crippen LogP contribution in [0.25, 0.3) is 0 Å². The molecule has 1 aliphatic rings. The van der Waals surface area contributed by atoms with Crippen LogP contribution in [0.2, 0.25) is 0 Å². The van der Waals surface area contributed by atoms with Gasteiger partial charge in [-0.15, -0.1) is 0 Å². The first-order valence-electron chi connectivity index (χ1n) is 7.80. The standard InChI is InChI=1S/C17H28N2O/c1-4-19(12-16-6-5-11-20-16)13-17(18-3)15-9-7-14(2)8-10-15/h7-10,16-18H,4-6,11-13H2,1-3H3. The Morgan fingerprint density at radius 2 is 2.10 bits per heavy atom. The number of nitrogens with zero attached hydrogens (tertiary/aromatic N) is 1. The van der Waals surface area contributed by atoms with Gasteiger partial charge < -0.3 is 10.1 Å². The number of hydrogen-bond acceptors (Lipinski definition) is 3. The Hall–Kier alpha value is -0.900. The van der Waals surface area contributed by atoms with E-state index in [-0.39, 0.29) is 0 Å². The van der Waals surface area contributed by atoms with Crippen LogP contribution >= 0.6 is 0 Å². The Morgan fingerprint density at radius 1 is 1.35 bits per heavy atom. The van der Waals surface area contributed by atoms with Gasteiger partial charge in [0.15, 0.2) is 0 Å². The summed E-state index contributed by atoms with van der Waals surface area (Å²) >= 11 is 0. The lowest BCUT2D eigenvalue weighted by atomic mass is 10.0. The molecule has 3 nitrogen and oxygen atoms in total. The summed E-state index contributed by atoms with van der Waals surface area (Å²) in [6.45, 7) is 8.47. The first-order valence-corrected chi connectivity index (χ1v) is 7.80. The minimum atomic E-state index is 0.386. The van der Waals surface area contributed by atoms with Crippen molar-refractivity contribution in [3.05, 3.63) is 35.4 Å². The molecule has 1 aromatic carbocycles. The number of nitrogens with one attached hydrogen (secondary N) is 1. The fourth-order valence-electron chi connectivity index (χ4n) is 2.83. The zero-order valence-corrected chi connectivity index (χ0v) is 13.1. The van der Waals surface area contributed by atoms with Crippen LogP contribution < -0.4 is 5.32 Å². The van der Waals surface area contributed by atoms with Crippen molar-refractivity contribution in [3.63, 3.8) is 0 Å². The zero-order chi connectivity index (χ0) is 14.4. The summed E-state index contributed by atoms with van der Waals surface area (Å²) < 4.78 is 5.76. The number of rotatable bonds is 7. The highest BCUT2D eigenvalue weighted by Gasteiger charge is 2.20. The van der Waals surface area contributed by atoms with Gasteiger partial charge in [0.2, 0.25) is 0 Å². The molecule has 1 aromatic rings. The lowest BCUT2D eigenvalue weighted by molar-refractivity contribution is 0.0718. The third kappa shape index (κ3) is 4.30. The van der Waals surface area contributed by atoms with Crippen LogP contribution in [-0.4, -0.2) is 44.3 Å². The highest BCUT2D eigenvalue weighted by molar-refractivity contribution is 5.24. The Bertz CT molecular complexity index is 384. The molecule has 0 bridgehead atoms. The van der Waals surface area contributed by atoms with Crippen LogP contribution in [0, 0.1) is 6.92 Å². The zero-order valence-electron chi connectivity index (χ0n) is 13.1. The lowest BCUT2D eigenvalue weighted by Gasteiger charge is -2.28. The van der Waals surface area contributed by atoms with Crippen molar-refractivity contribution in [2.24, 2.45) is 0 Å². The third-order valence-electron chi connectivity index (χ3n) is 4.20. The molecule has 0 saturated carbocycles. The van der Waals surface area contributed by atoms with Crippen molar-refractivity contribution in [1.29, 1.82) is 0 Å². The molecule has 112 valence electrons. The minimum Gasteiger partial charge on any atom is -0.377 e. The fraction of sp³-hybridized carbons (Fsp3) is 0.647. The average molecular weight is 276 g/mol. The summed E-state index contributed by atoms with van der Waals surface area (Å²) in [4.78, 5) is 2.50. The van der Waals surface area contributed by atoms with Gasteiger partial charge in [0.1, 0.15) is 0 Å². The number of aryl methyl sites for hydroxylation is 1. The SMILES string of the molecule is CCN(CC1CCCO1)CC(NC)c1ccc(C)cc1. The molecular weight excluding hydrogens is 248 g/mol. The van der Waals surface area contributed by atoms with E-state index in [9.17, 15) is 0 Å². The first kappa shape index (κ1) is 15.5. The predicted molar refractivity (Wildman–Crippen MR) is 84.1 cm³/mol. The van der Waals surface area contributed by atoms with E-state index >= 15 is 0 Å². The summed E-state index contributed by atoms with van der Waals surface area (Å²) in [5, 5.41) is 3.45. The van der Waals surface area contributed by atoms with Gasteiger partial charge >= 0.3 is 0 Å². The molecule has 0 spiro atoms. The van der Waals surface area contributed by atoms with Crippen LogP contribution in [-0.2, 0) is 4.74 Å². The van der Waals surface area contributed by atoms with Crippen molar-refractivity contribution < 1.29 is 4.74 Å². The average Bonchev–Trinajstić information content (AvgIpc) is 2.97. The smallest absolute Gasteiger partial charge is 0.0702 e. The van der Waals surface area contributed by atoms with Crippen LogP contribution in [0.3, 0.4) is 0 Å². The molecule has 2 unspecified atom stereocenters. The Kier molecular flexibility index (Phi) is 6.02. The van der Waals surface area contributed by atoms with Gasteiger partial charge in [0, 0.05) is 25.7 Å². The topological polar surface area (TPSA) is 24.5 Å². The third-order valence-corrected chi connectivity index (χ3v) is 4.20. The molecule has 1 N–H and O–H groups in total. The van der Waals surface area contributed by atoms with E-state index in [0.29, 0.717) is 12.1 Å². The molecular formula is C17H28N2O. The Labute approximate surface area is 123 Å². The van der Waals surface area contributed by atoms with Gasteiger partial charge in [0.25, 0.3) is 0 Å². The van der Waals surface area contributed by atoms with E-state index in [1.165, 1.54) is 24.0 Å². The first-order chi connectivity index (χ1) is 9.72. The van der Waals surface area contributed by atoms with Crippen LogP contribution in [0.4, 0.5) is 0 Å². The monoisotopic (exact) mass is 276 g/mol. The van der Waals surface area contributed by atoms with E-state index in [0.717, 1.165) is 26.2 Å². The normalized spacial score (nSPS) is 20.5. The summed E-state index contributed by atoms with van der Waals surface area (Å²) in [7, 11) is 2.05. The minimum absolute atomic E-state index is 0.386. The summed E-state index contributed by atoms with van der Waals surface area (Å²) in [6, 6.07) is 9.23. The highest BCUT2D eigenvalue weighted by Crippen LogP contribution is 2.18. The molecule has 1 aliphatic heterocycles. The number of hydrogen-bond donors (Lipinski definition) is 1. The number of likely N-dealkylation sites (N-methyl/N-ethyl adjacent to an activating group) is 2. The van der Waals surface area contributed by atoms with Gasteiger partial charge in [-0.25, -0.2) is 0 Å². The molecule has 1 fully saturated rings. The second-order valence-electron chi connectivity index (χ2n) is 5.74. The van der Waals surface area contributed by atoms with Crippen molar-refractivity contribution in [3.8, 4) is 0 Å². The van der Waals surface area contributed by atoms with E-state index in [1.807, 2.05) is 7.05 Å². The van der Waals surface area contributed by atoms with Gasteiger partial charge in [-0.05, 0) is 38.9 Å². The van der Waals surface area contributed by atoms with Gasteiger partial charge in [-0.2, -0.15) is 0 Å². The van der Waals surface area contributed by atoms with Crippen molar-refractivity contribution in [2.75, 3.05) is 33.3 Å². The molecule has 1 saturated heterocycles. The maximum Gasteiger partial charge on any atom is 0.0702 e. The van der Waals surface area contributed by atoms with E-state index in [1.54, 1.807) is 0 Å². The van der Waals surface area contributed by atoms with Gasteiger partial charge in [0.05, 0.1) is 6.10 Å². The van der Waals surface area contributed by atoms with Crippen molar-refractivity contribution in [1.82, 2.24) is 10.2 Å². The quantitative estimate of drug-likeness (QED) is 0.829. The summed E-state index contributed by atoms with van der Waals surface area (Å²) in [5.74, 6) is 0. The molecule has 0 aliphatic carbocycles. The predicted octanol–water partition coefficient (Wildman–Crippen LogP) is 2.76. The van der Waals surface area contributed by atoms with E-state index < -0.39 is 0 Å². The van der Waals surface area contributed by atoms with Crippen LogP contribution in [0.1, 0.15) is 36.9 Å². The molecule has 0 amide bonds. The van der Waals surface area contributed by atoms with Crippen LogP contribution in [0.15, 0.2) is 24.3 Å². The van der Waals surface area contributed by atoms with E-state index in [4.69, 9.17) is 4.74 Å². The number of benzene rings is 1. The van der Waals surface area contributed by atoms with E-state index in [2.05, 4.69) is 48.3 Å². The molecule has 3 heteroatoms. The molecule has 20 heavy (non-hydrogen) atoms.